The molecule has 1 heterocycles. The van der Waals surface area contributed by atoms with Gasteiger partial charge in [-0.05, 0) is 34.6 Å². The van der Waals surface area contributed by atoms with Gasteiger partial charge in [-0.3, -0.25) is 0 Å². The highest BCUT2D eigenvalue weighted by molar-refractivity contribution is 9.10. The van der Waals surface area contributed by atoms with Crippen molar-refractivity contribution >= 4 is 27.5 Å². The normalized spacial score (nSPS) is 10.8. The Kier molecular flexibility index (Phi) is 5.46. The average molecular weight is 363 g/mol. The summed E-state index contributed by atoms with van der Waals surface area (Å²) in [6, 6.07) is 4.57. The topological polar surface area (TPSA) is 34.4 Å². The summed E-state index contributed by atoms with van der Waals surface area (Å²) in [5.74, 6) is 0.713. The third kappa shape index (κ3) is 3.75. The molecule has 0 bridgehead atoms. The molecule has 0 aliphatic heterocycles. The molecular formula is C14H14BrClFNO2. The smallest absolute Gasteiger partial charge is 0.145 e. The van der Waals surface area contributed by atoms with Gasteiger partial charge in [0, 0.05) is 11.6 Å². The van der Waals surface area contributed by atoms with Crippen LogP contribution in [-0.4, -0.2) is 6.54 Å². The monoisotopic (exact) mass is 361 g/mol. The fraction of sp³-hybridized carbons (Fsp3) is 0.286. The van der Waals surface area contributed by atoms with Crippen molar-refractivity contribution in [3.8, 4) is 5.75 Å². The van der Waals surface area contributed by atoms with Gasteiger partial charge in [0.25, 0.3) is 0 Å². The minimum absolute atomic E-state index is 0.0559. The Bertz CT molecular complexity index is 589. The summed E-state index contributed by atoms with van der Waals surface area (Å²) in [5.41, 5.74) is 0.924. The lowest BCUT2D eigenvalue weighted by atomic mass is 10.2. The first kappa shape index (κ1) is 15.4. The molecule has 1 aromatic heterocycles. The molecule has 2 rings (SSSR count). The van der Waals surface area contributed by atoms with Gasteiger partial charge in [0.15, 0.2) is 0 Å². The Morgan fingerprint density at radius 3 is 3.00 bits per heavy atom. The number of hydrogen-bond donors (Lipinski definition) is 1. The molecule has 0 unspecified atom stereocenters. The summed E-state index contributed by atoms with van der Waals surface area (Å²) in [6.07, 6.45) is 1.61. The van der Waals surface area contributed by atoms with Gasteiger partial charge in [-0.25, -0.2) is 4.39 Å². The second kappa shape index (κ2) is 7.11. The summed E-state index contributed by atoms with van der Waals surface area (Å²) in [4.78, 5) is 0. The van der Waals surface area contributed by atoms with Gasteiger partial charge in [0.1, 0.15) is 23.9 Å². The number of nitrogens with one attached hydrogen (secondary N) is 1. The van der Waals surface area contributed by atoms with Crippen molar-refractivity contribution in [2.75, 3.05) is 6.54 Å². The summed E-state index contributed by atoms with van der Waals surface area (Å²) in [6.45, 7) is 3.82. The molecule has 20 heavy (non-hydrogen) atoms. The number of benzene rings is 1. The molecule has 0 saturated heterocycles. The van der Waals surface area contributed by atoms with E-state index >= 15 is 0 Å². The van der Waals surface area contributed by atoms with Crippen LogP contribution in [0.2, 0.25) is 5.02 Å². The predicted octanol–water partition coefficient (Wildman–Crippen LogP) is 4.52. The van der Waals surface area contributed by atoms with Crippen LogP contribution in [0.5, 0.6) is 5.75 Å². The molecule has 108 valence electrons. The summed E-state index contributed by atoms with van der Waals surface area (Å²) in [7, 11) is 0. The highest BCUT2D eigenvalue weighted by Crippen LogP contribution is 2.31. The van der Waals surface area contributed by atoms with Gasteiger partial charge < -0.3 is 14.5 Å². The van der Waals surface area contributed by atoms with Crippen LogP contribution in [0, 0.1) is 5.82 Å². The van der Waals surface area contributed by atoms with Crippen molar-refractivity contribution in [2.45, 2.75) is 20.1 Å². The Balaban J connectivity index is 2.05. The van der Waals surface area contributed by atoms with Crippen molar-refractivity contribution in [2.24, 2.45) is 0 Å². The molecule has 0 saturated carbocycles. The highest BCUT2D eigenvalue weighted by Gasteiger charge is 2.11. The molecule has 2 aromatic rings. The van der Waals surface area contributed by atoms with Crippen molar-refractivity contribution in [3.63, 3.8) is 0 Å². The second-order valence-electron chi connectivity index (χ2n) is 4.13. The molecule has 0 atom stereocenters. The van der Waals surface area contributed by atoms with E-state index in [0.29, 0.717) is 23.4 Å². The van der Waals surface area contributed by atoms with Gasteiger partial charge in [-0.2, -0.15) is 0 Å². The minimum Gasteiger partial charge on any atom is -0.487 e. The van der Waals surface area contributed by atoms with Gasteiger partial charge in [-0.1, -0.05) is 18.5 Å². The van der Waals surface area contributed by atoms with Gasteiger partial charge in [0.05, 0.1) is 22.3 Å². The van der Waals surface area contributed by atoms with Crippen LogP contribution in [-0.2, 0) is 13.2 Å². The first-order chi connectivity index (χ1) is 9.61. The standard InChI is InChI=1S/C14H14BrClFNO2/c1-2-18-7-14-9(3-4-19-14)8-20-13-6-12(17)11(16)5-10(13)15/h3-6,18H,2,7-8H2,1H3. The zero-order valence-electron chi connectivity index (χ0n) is 10.9. The van der Waals surface area contributed by atoms with Crippen LogP contribution in [0.25, 0.3) is 0 Å². The molecule has 0 amide bonds. The molecule has 0 aliphatic rings. The molecular weight excluding hydrogens is 349 g/mol. The van der Waals surface area contributed by atoms with E-state index in [4.69, 9.17) is 20.8 Å². The van der Waals surface area contributed by atoms with E-state index in [-0.39, 0.29) is 5.02 Å². The molecule has 6 heteroatoms. The van der Waals surface area contributed by atoms with E-state index in [1.165, 1.54) is 12.1 Å². The predicted molar refractivity (Wildman–Crippen MR) is 79.5 cm³/mol. The molecule has 1 N–H and O–H groups in total. The molecule has 0 fully saturated rings. The largest absolute Gasteiger partial charge is 0.487 e. The van der Waals surface area contributed by atoms with Crippen LogP contribution < -0.4 is 10.1 Å². The number of furan rings is 1. The lowest BCUT2D eigenvalue weighted by molar-refractivity contribution is 0.298. The molecule has 0 aliphatic carbocycles. The van der Waals surface area contributed by atoms with E-state index in [1.54, 1.807) is 6.26 Å². The van der Waals surface area contributed by atoms with E-state index in [0.717, 1.165) is 17.9 Å². The number of rotatable bonds is 6. The van der Waals surface area contributed by atoms with Gasteiger partial charge in [0.2, 0.25) is 0 Å². The molecule has 0 radical (unpaired) electrons. The van der Waals surface area contributed by atoms with E-state index in [2.05, 4.69) is 21.2 Å². The van der Waals surface area contributed by atoms with Crippen LogP contribution in [0.4, 0.5) is 4.39 Å². The quantitative estimate of drug-likeness (QED) is 0.767. The molecule has 0 spiro atoms. The number of ether oxygens (including phenoxy) is 1. The lowest BCUT2D eigenvalue weighted by Crippen LogP contribution is -2.12. The van der Waals surface area contributed by atoms with Crippen LogP contribution in [0.1, 0.15) is 18.2 Å². The van der Waals surface area contributed by atoms with Crippen LogP contribution in [0.3, 0.4) is 0 Å². The second-order valence-corrected chi connectivity index (χ2v) is 5.40. The number of hydrogen-bond acceptors (Lipinski definition) is 3. The number of halogens is 3. The summed E-state index contributed by atoms with van der Waals surface area (Å²) < 4.78 is 25.0. The van der Waals surface area contributed by atoms with Gasteiger partial charge >= 0.3 is 0 Å². The third-order valence-electron chi connectivity index (χ3n) is 2.73. The summed E-state index contributed by atoms with van der Waals surface area (Å²) in [5, 5.41) is 3.24. The first-order valence-electron chi connectivity index (χ1n) is 6.15. The van der Waals surface area contributed by atoms with Crippen molar-refractivity contribution in [1.29, 1.82) is 0 Å². The maximum Gasteiger partial charge on any atom is 0.145 e. The maximum absolute atomic E-state index is 13.4. The maximum atomic E-state index is 13.4. The fourth-order valence-electron chi connectivity index (χ4n) is 1.66. The van der Waals surface area contributed by atoms with Crippen LogP contribution >= 0.6 is 27.5 Å². The zero-order chi connectivity index (χ0) is 14.5. The minimum atomic E-state index is -0.509. The first-order valence-corrected chi connectivity index (χ1v) is 7.32. The van der Waals surface area contributed by atoms with Crippen molar-refractivity contribution in [1.82, 2.24) is 5.32 Å². The Morgan fingerprint density at radius 2 is 2.25 bits per heavy atom. The Morgan fingerprint density at radius 1 is 1.45 bits per heavy atom. The fourth-order valence-corrected chi connectivity index (χ4v) is 2.41. The SMILES string of the molecule is CCNCc1occc1COc1cc(F)c(Cl)cc1Br. The highest BCUT2D eigenvalue weighted by atomic mass is 79.9. The van der Waals surface area contributed by atoms with E-state index < -0.39 is 5.82 Å². The summed E-state index contributed by atoms with van der Waals surface area (Å²) >= 11 is 8.98. The average Bonchev–Trinajstić information content (AvgIpc) is 2.86. The Labute approximate surface area is 130 Å². The van der Waals surface area contributed by atoms with E-state index in [1.807, 2.05) is 13.0 Å². The van der Waals surface area contributed by atoms with Crippen molar-refractivity contribution < 1.29 is 13.5 Å². The zero-order valence-corrected chi connectivity index (χ0v) is 13.2. The molecule has 3 nitrogen and oxygen atoms in total. The van der Waals surface area contributed by atoms with Crippen LogP contribution in [0.15, 0.2) is 33.4 Å². The lowest BCUT2D eigenvalue weighted by Gasteiger charge is -2.09. The third-order valence-corrected chi connectivity index (χ3v) is 3.64. The van der Waals surface area contributed by atoms with Crippen molar-refractivity contribution in [3.05, 3.63) is 51.1 Å². The molecule has 1 aromatic carbocycles. The Hall–Kier alpha value is -1.04. The van der Waals surface area contributed by atoms with Gasteiger partial charge in [-0.15, -0.1) is 0 Å². The van der Waals surface area contributed by atoms with E-state index in [9.17, 15) is 4.39 Å².